The van der Waals surface area contributed by atoms with Gasteiger partial charge < -0.3 is 9.47 Å². The lowest BCUT2D eigenvalue weighted by molar-refractivity contribution is -0.117. The second kappa shape index (κ2) is 7.14. The van der Waals surface area contributed by atoms with E-state index in [1.54, 1.807) is 41.7 Å². The van der Waals surface area contributed by atoms with Gasteiger partial charge in [-0.25, -0.2) is 18.1 Å². The van der Waals surface area contributed by atoms with Crippen LogP contribution >= 0.6 is 0 Å². The lowest BCUT2D eigenvalue weighted by atomic mass is 10.3. The molecule has 3 rings (SSSR count). The number of imidazole rings is 1. The number of rotatable bonds is 7. The molecule has 0 spiro atoms. The summed E-state index contributed by atoms with van der Waals surface area (Å²) in [5.74, 6) is 0.0863. The molecular formula is C16H20N4O3S. The number of carbonyl (C=O) groups is 1. The maximum absolute atomic E-state index is 12.3. The Morgan fingerprint density at radius 2 is 2.00 bits per heavy atom. The molecule has 128 valence electrons. The molecule has 0 atom stereocenters. The van der Waals surface area contributed by atoms with Crippen molar-refractivity contribution in [3.8, 4) is 0 Å². The average Bonchev–Trinajstić information content (AvgIpc) is 3.23. The molecule has 1 aliphatic rings. The molecule has 2 heterocycles. The Morgan fingerprint density at radius 3 is 2.62 bits per heavy atom. The molecule has 1 saturated heterocycles. The van der Waals surface area contributed by atoms with E-state index in [1.165, 1.54) is 0 Å². The van der Waals surface area contributed by atoms with Gasteiger partial charge in [0.1, 0.15) is 0 Å². The predicted octanol–water partition coefficient (Wildman–Crippen LogP) is 1.38. The van der Waals surface area contributed by atoms with Crippen molar-refractivity contribution in [1.29, 1.82) is 0 Å². The van der Waals surface area contributed by atoms with Crippen molar-refractivity contribution >= 4 is 21.6 Å². The summed E-state index contributed by atoms with van der Waals surface area (Å²) in [4.78, 5) is 17.6. The summed E-state index contributed by atoms with van der Waals surface area (Å²) in [5, 5.41) is 0. The number of benzene rings is 1. The van der Waals surface area contributed by atoms with Crippen molar-refractivity contribution < 1.29 is 13.2 Å². The summed E-state index contributed by atoms with van der Waals surface area (Å²) in [7, 11) is -3.53. The number of hydrogen-bond acceptors (Lipinski definition) is 4. The fourth-order valence-corrected chi connectivity index (χ4v) is 3.77. The first-order chi connectivity index (χ1) is 11.6. The molecular weight excluding hydrogens is 328 g/mol. The van der Waals surface area contributed by atoms with E-state index >= 15 is 0 Å². The van der Waals surface area contributed by atoms with Gasteiger partial charge in [-0.05, 0) is 37.1 Å². The number of nitrogens with zero attached hydrogens (tertiary/aromatic N) is 3. The monoisotopic (exact) mass is 348 g/mol. The Balaban J connectivity index is 1.56. The summed E-state index contributed by atoms with van der Waals surface area (Å²) >= 11 is 0. The molecule has 8 heteroatoms. The Hall–Kier alpha value is -2.19. The molecule has 0 bridgehead atoms. The van der Waals surface area contributed by atoms with Crippen molar-refractivity contribution in [2.24, 2.45) is 0 Å². The highest BCUT2D eigenvalue weighted by molar-refractivity contribution is 7.89. The number of hydrogen-bond donors (Lipinski definition) is 1. The second-order valence-electron chi connectivity index (χ2n) is 5.69. The van der Waals surface area contributed by atoms with Crippen LogP contribution in [0.15, 0.2) is 47.9 Å². The number of anilines is 1. The van der Waals surface area contributed by atoms with E-state index in [9.17, 15) is 13.2 Å². The van der Waals surface area contributed by atoms with E-state index in [1.807, 2.05) is 10.8 Å². The molecule has 0 saturated carbocycles. The molecule has 2 aromatic rings. The lowest BCUT2D eigenvalue weighted by Gasteiger charge is -2.16. The first-order valence-electron chi connectivity index (χ1n) is 7.92. The van der Waals surface area contributed by atoms with Crippen LogP contribution in [0.1, 0.15) is 19.3 Å². The molecule has 1 aromatic carbocycles. The van der Waals surface area contributed by atoms with Gasteiger partial charge in [-0.15, -0.1) is 0 Å². The summed E-state index contributed by atoms with van der Waals surface area (Å²) in [6, 6.07) is 6.45. The minimum atomic E-state index is -3.53. The van der Waals surface area contributed by atoms with Crippen molar-refractivity contribution in [3.05, 3.63) is 43.0 Å². The van der Waals surface area contributed by atoms with Crippen LogP contribution in [-0.4, -0.2) is 37.0 Å². The summed E-state index contributed by atoms with van der Waals surface area (Å²) in [6.45, 7) is 1.75. The normalized spacial score (nSPS) is 15.2. The molecule has 24 heavy (non-hydrogen) atoms. The highest BCUT2D eigenvalue weighted by atomic mass is 32.2. The van der Waals surface area contributed by atoms with Crippen molar-refractivity contribution in [2.45, 2.75) is 30.7 Å². The number of sulfonamides is 1. The third kappa shape index (κ3) is 3.82. The minimum absolute atomic E-state index is 0.0863. The summed E-state index contributed by atoms with van der Waals surface area (Å²) in [5.41, 5.74) is 0.747. The number of aromatic nitrogens is 2. The molecule has 1 aliphatic heterocycles. The minimum Gasteiger partial charge on any atom is -0.337 e. The zero-order valence-electron chi connectivity index (χ0n) is 13.3. The predicted molar refractivity (Wildman–Crippen MR) is 90.1 cm³/mol. The van der Waals surface area contributed by atoms with Crippen LogP contribution in [0.3, 0.4) is 0 Å². The maximum Gasteiger partial charge on any atom is 0.240 e. The van der Waals surface area contributed by atoms with Gasteiger partial charge in [-0.1, -0.05) is 0 Å². The molecule has 0 aliphatic carbocycles. The summed E-state index contributed by atoms with van der Waals surface area (Å²) in [6.07, 6.45) is 7.31. The topological polar surface area (TPSA) is 84.3 Å². The largest absolute Gasteiger partial charge is 0.337 e. The van der Waals surface area contributed by atoms with E-state index < -0.39 is 10.0 Å². The number of nitrogens with one attached hydrogen (secondary N) is 1. The molecule has 1 fully saturated rings. The zero-order valence-corrected chi connectivity index (χ0v) is 14.1. The molecule has 1 N–H and O–H groups in total. The highest BCUT2D eigenvalue weighted by Gasteiger charge is 2.22. The Kier molecular flexibility index (Phi) is 4.96. The van der Waals surface area contributed by atoms with Crippen LogP contribution in [0, 0.1) is 0 Å². The van der Waals surface area contributed by atoms with E-state index in [-0.39, 0.29) is 10.8 Å². The third-order valence-electron chi connectivity index (χ3n) is 3.98. The maximum atomic E-state index is 12.3. The number of carbonyl (C=O) groups excluding carboxylic acids is 1. The Morgan fingerprint density at radius 1 is 1.21 bits per heavy atom. The van der Waals surface area contributed by atoms with Gasteiger partial charge in [-0.3, -0.25) is 4.79 Å². The van der Waals surface area contributed by atoms with Gasteiger partial charge in [0.2, 0.25) is 15.9 Å². The van der Waals surface area contributed by atoms with E-state index in [2.05, 4.69) is 9.71 Å². The van der Waals surface area contributed by atoms with Gasteiger partial charge >= 0.3 is 0 Å². The highest BCUT2D eigenvalue weighted by Crippen LogP contribution is 2.22. The van der Waals surface area contributed by atoms with Gasteiger partial charge in [0.15, 0.2) is 0 Å². The van der Waals surface area contributed by atoms with Crippen molar-refractivity contribution in [3.63, 3.8) is 0 Å². The molecule has 0 unspecified atom stereocenters. The number of aryl methyl sites for hydroxylation is 1. The first kappa shape index (κ1) is 16.7. The van der Waals surface area contributed by atoms with Crippen LogP contribution in [0.2, 0.25) is 0 Å². The van der Waals surface area contributed by atoms with Gasteiger partial charge in [-0.2, -0.15) is 0 Å². The van der Waals surface area contributed by atoms with Crippen molar-refractivity contribution in [1.82, 2.24) is 14.3 Å². The molecule has 1 aromatic heterocycles. The molecule has 1 amide bonds. The molecule has 7 nitrogen and oxygen atoms in total. The van der Waals surface area contributed by atoms with Crippen LogP contribution in [-0.2, 0) is 21.4 Å². The smallest absolute Gasteiger partial charge is 0.240 e. The van der Waals surface area contributed by atoms with Crippen LogP contribution in [0.5, 0.6) is 0 Å². The molecule has 0 radical (unpaired) electrons. The van der Waals surface area contributed by atoms with E-state index in [0.29, 0.717) is 32.5 Å². The van der Waals surface area contributed by atoms with Crippen molar-refractivity contribution in [2.75, 3.05) is 18.0 Å². The fourth-order valence-electron chi connectivity index (χ4n) is 2.70. The quantitative estimate of drug-likeness (QED) is 0.766. The van der Waals surface area contributed by atoms with E-state index in [0.717, 1.165) is 12.1 Å². The third-order valence-corrected chi connectivity index (χ3v) is 5.45. The SMILES string of the molecule is O=C1CCCN1c1ccc(S(=O)(=O)NCCCn2ccnc2)cc1. The second-order valence-corrected chi connectivity index (χ2v) is 7.46. The van der Waals surface area contributed by atoms with Crippen LogP contribution in [0.4, 0.5) is 5.69 Å². The summed E-state index contributed by atoms with van der Waals surface area (Å²) < 4.78 is 29.1. The first-order valence-corrected chi connectivity index (χ1v) is 9.40. The fraction of sp³-hybridized carbons (Fsp3) is 0.375. The van der Waals surface area contributed by atoms with Crippen LogP contribution < -0.4 is 9.62 Å². The Labute approximate surface area is 141 Å². The van der Waals surface area contributed by atoms with Gasteiger partial charge in [0.25, 0.3) is 0 Å². The average molecular weight is 348 g/mol. The number of amides is 1. The standard InChI is InChI=1S/C16H20N4O3S/c21-16-3-1-11-20(16)14-4-6-15(7-5-14)24(22,23)18-8-2-10-19-12-9-17-13-19/h4-7,9,12-13,18H,1-3,8,10-11H2. The van der Waals surface area contributed by atoms with Crippen LogP contribution in [0.25, 0.3) is 0 Å². The van der Waals surface area contributed by atoms with Gasteiger partial charge in [0.05, 0.1) is 11.2 Å². The van der Waals surface area contributed by atoms with E-state index in [4.69, 9.17) is 0 Å². The zero-order chi connectivity index (χ0) is 17.0. The lowest BCUT2D eigenvalue weighted by Crippen LogP contribution is -2.26. The van der Waals surface area contributed by atoms with Gasteiger partial charge in [0, 0.05) is 44.1 Å². The Bertz CT molecular complexity index is 785.